The number of nitrogens with one attached hydrogen (secondary N) is 1. The highest BCUT2D eigenvalue weighted by Gasteiger charge is 2.69. The van der Waals surface area contributed by atoms with Crippen molar-refractivity contribution in [2.45, 2.75) is 78.7 Å². The average Bonchev–Trinajstić information content (AvgIpc) is 3.44. The highest BCUT2D eigenvalue weighted by Crippen LogP contribution is 2.76. The molecular formula is C32H40FN3O4S. The van der Waals surface area contributed by atoms with Crippen LogP contribution in [-0.4, -0.2) is 40.9 Å². The lowest BCUT2D eigenvalue weighted by molar-refractivity contribution is -0.245. The number of aliphatic hydroxyl groups excluding tert-OH is 1. The second-order valence-electron chi connectivity index (χ2n) is 12.3. The largest absolute Gasteiger partial charge is 0.463 e. The molecule has 4 aliphatic rings. The van der Waals surface area contributed by atoms with Crippen LogP contribution in [0.1, 0.15) is 87.9 Å². The van der Waals surface area contributed by atoms with Crippen LogP contribution in [-0.2, 0) is 14.3 Å². The number of carbonyl (C=O) groups is 2. The Morgan fingerprint density at radius 2 is 2.02 bits per heavy atom. The van der Waals surface area contributed by atoms with Crippen LogP contribution in [0.25, 0.3) is 0 Å². The summed E-state index contributed by atoms with van der Waals surface area (Å²) in [5, 5.41) is 15.5. The van der Waals surface area contributed by atoms with Crippen molar-refractivity contribution >= 4 is 28.9 Å². The first-order valence-electron chi connectivity index (χ1n) is 14.7. The Balaban J connectivity index is 1.33. The van der Waals surface area contributed by atoms with E-state index in [-0.39, 0.29) is 41.7 Å². The smallest absolute Gasteiger partial charge is 0.338 e. The third kappa shape index (κ3) is 5.63. The molecule has 0 spiro atoms. The molecule has 41 heavy (non-hydrogen) atoms. The van der Waals surface area contributed by atoms with E-state index in [0.717, 1.165) is 32.1 Å². The number of ether oxygens (including phenoxy) is 1. The second kappa shape index (κ2) is 11.8. The van der Waals surface area contributed by atoms with Crippen molar-refractivity contribution in [1.82, 2.24) is 10.3 Å². The van der Waals surface area contributed by atoms with Crippen LogP contribution >= 0.6 is 11.3 Å². The number of hydrogen-bond donors (Lipinski definition) is 2. The van der Waals surface area contributed by atoms with Crippen molar-refractivity contribution in [3.05, 3.63) is 63.0 Å². The number of amidine groups is 1. The van der Waals surface area contributed by atoms with Crippen molar-refractivity contribution in [2.75, 3.05) is 13.2 Å². The lowest BCUT2D eigenvalue weighted by Crippen LogP contribution is -2.66. The molecule has 1 aliphatic heterocycles. The predicted molar refractivity (Wildman–Crippen MR) is 157 cm³/mol. The molecule has 1 aromatic carbocycles. The Labute approximate surface area is 245 Å². The Morgan fingerprint density at radius 3 is 2.68 bits per heavy atom. The van der Waals surface area contributed by atoms with E-state index >= 15 is 0 Å². The Morgan fingerprint density at radius 1 is 1.27 bits per heavy atom. The Hall–Kier alpha value is -2.91. The van der Waals surface area contributed by atoms with Gasteiger partial charge in [-0.05, 0) is 86.3 Å². The molecule has 2 heterocycles. The second-order valence-corrected chi connectivity index (χ2v) is 13.2. The van der Waals surface area contributed by atoms with Gasteiger partial charge in [0.2, 0.25) is 0 Å². The Kier molecular flexibility index (Phi) is 8.48. The summed E-state index contributed by atoms with van der Waals surface area (Å²) in [6.07, 6.45) is 7.31. The van der Waals surface area contributed by atoms with Gasteiger partial charge in [-0.1, -0.05) is 26.0 Å². The van der Waals surface area contributed by atoms with E-state index in [9.17, 15) is 19.1 Å². The predicted octanol–water partition coefficient (Wildman–Crippen LogP) is 6.06. The standard InChI is InChI=1S/C32H40FN3O4S/c1-5-40-30(39)26-24(14-19(2)8-6-11-25(38)21(4)32-15-31(16-32,17-32)18-37)35-28(29-34-12-13-41-29)36-27(26)22-9-7-10-23(33)20(22)3/h7,9-10,12-13,19,21,27,37H,5-6,8,11,14-18H2,1-4H3,(H,35,36)/t19?,21?,27-,31?,32?/m0/s1. The van der Waals surface area contributed by atoms with Crippen LogP contribution < -0.4 is 5.32 Å². The molecule has 6 rings (SSSR count). The van der Waals surface area contributed by atoms with Gasteiger partial charge in [-0.15, -0.1) is 11.3 Å². The molecular weight excluding hydrogens is 541 g/mol. The van der Waals surface area contributed by atoms with Crippen LogP contribution in [0.15, 0.2) is 46.0 Å². The van der Waals surface area contributed by atoms with Crippen molar-refractivity contribution in [3.8, 4) is 0 Å². The average molecular weight is 582 g/mol. The summed E-state index contributed by atoms with van der Waals surface area (Å²) in [7, 11) is 0. The third-order valence-corrected chi connectivity index (χ3v) is 10.2. The van der Waals surface area contributed by atoms with Gasteiger partial charge in [-0.2, -0.15) is 0 Å². The normalized spacial score (nSPS) is 26.3. The van der Waals surface area contributed by atoms with Gasteiger partial charge in [0.15, 0.2) is 10.8 Å². The number of aliphatic hydroxyl groups is 1. The molecule has 2 bridgehead atoms. The lowest BCUT2D eigenvalue weighted by Gasteiger charge is -2.72. The molecule has 9 heteroatoms. The number of thiazole rings is 1. The molecule has 0 radical (unpaired) electrons. The number of nitrogens with zero attached hydrogens (tertiary/aromatic N) is 2. The first kappa shape index (κ1) is 29.6. The maximum absolute atomic E-state index is 14.6. The number of rotatable bonds is 13. The van der Waals surface area contributed by atoms with Gasteiger partial charge in [0, 0.05) is 36.2 Å². The molecule has 0 saturated heterocycles. The summed E-state index contributed by atoms with van der Waals surface area (Å²) in [6.45, 7) is 8.09. The number of aliphatic imine (C=N–C) groups is 1. The first-order chi connectivity index (χ1) is 19.6. The molecule has 3 saturated carbocycles. The molecule has 0 amide bonds. The molecule has 1 aromatic heterocycles. The Bertz CT molecular complexity index is 1350. The highest BCUT2D eigenvalue weighted by atomic mass is 32.1. The van der Waals surface area contributed by atoms with Crippen LogP contribution in [0.5, 0.6) is 0 Å². The number of ketones is 1. The third-order valence-electron chi connectivity index (χ3n) is 9.45. The van der Waals surface area contributed by atoms with Crippen molar-refractivity contribution in [3.63, 3.8) is 0 Å². The molecule has 7 nitrogen and oxygen atoms in total. The fourth-order valence-corrected chi connectivity index (χ4v) is 7.73. The van der Waals surface area contributed by atoms with Gasteiger partial charge in [0.05, 0.1) is 12.2 Å². The molecule has 220 valence electrons. The maximum Gasteiger partial charge on any atom is 0.338 e. The van der Waals surface area contributed by atoms with Crippen molar-refractivity contribution < 1.29 is 23.8 Å². The van der Waals surface area contributed by atoms with E-state index < -0.39 is 12.0 Å². The fraction of sp³-hybridized carbons (Fsp3) is 0.562. The number of hydrogen-bond acceptors (Lipinski definition) is 8. The minimum atomic E-state index is -0.732. The maximum atomic E-state index is 14.6. The van der Waals surface area contributed by atoms with Crippen molar-refractivity contribution in [2.24, 2.45) is 27.7 Å². The quantitative estimate of drug-likeness (QED) is 0.279. The number of Topliss-reactive ketones (excluding diaryl/α,β-unsaturated/α-hetero) is 1. The number of benzene rings is 1. The lowest BCUT2D eigenvalue weighted by atomic mass is 9.32. The summed E-state index contributed by atoms with van der Waals surface area (Å²) in [5.41, 5.74) is 2.36. The summed E-state index contributed by atoms with van der Waals surface area (Å²) >= 11 is 1.44. The van der Waals surface area contributed by atoms with E-state index in [1.807, 2.05) is 5.38 Å². The molecule has 2 aromatic rings. The van der Waals surface area contributed by atoms with E-state index in [1.165, 1.54) is 17.4 Å². The van der Waals surface area contributed by atoms with Crippen molar-refractivity contribution in [1.29, 1.82) is 0 Å². The number of carbonyl (C=O) groups excluding carboxylic acids is 2. The molecule has 2 unspecified atom stereocenters. The van der Waals surface area contributed by atoms with Gasteiger partial charge < -0.3 is 15.2 Å². The topological polar surface area (TPSA) is 101 Å². The minimum Gasteiger partial charge on any atom is -0.463 e. The van der Waals surface area contributed by atoms with Crippen LogP contribution in [0.3, 0.4) is 0 Å². The van der Waals surface area contributed by atoms with Gasteiger partial charge >= 0.3 is 5.97 Å². The van der Waals surface area contributed by atoms with E-state index in [1.54, 1.807) is 32.2 Å². The minimum absolute atomic E-state index is 0.0386. The van der Waals surface area contributed by atoms with Gasteiger partial charge in [0.1, 0.15) is 17.6 Å². The van der Waals surface area contributed by atoms with Gasteiger partial charge in [0.25, 0.3) is 0 Å². The number of halogens is 1. The molecule has 3 atom stereocenters. The number of esters is 1. The van der Waals surface area contributed by atoms with Gasteiger partial charge in [-0.25, -0.2) is 14.2 Å². The number of aromatic nitrogens is 1. The summed E-state index contributed by atoms with van der Waals surface area (Å²) in [5.74, 6) is 0.243. The monoisotopic (exact) mass is 581 g/mol. The van der Waals surface area contributed by atoms with Gasteiger partial charge in [-0.3, -0.25) is 9.79 Å². The van der Waals surface area contributed by atoms with E-state index in [2.05, 4.69) is 24.1 Å². The summed E-state index contributed by atoms with van der Waals surface area (Å²) in [4.78, 5) is 35.7. The number of allylic oxidation sites excluding steroid dienone is 1. The highest BCUT2D eigenvalue weighted by molar-refractivity contribution is 7.11. The van der Waals surface area contributed by atoms with Crippen LogP contribution in [0, 0.1) is 35.4 Å². The van der Waals surface area contributed by atoms with E-state index in [4.69, 9.17) is 9.73 Å². The van der Waals surface area contributed by atoms with Crippen LogP contribution in [0.2, 0.25) is 0 Å². The zero-order valence-electron chi connectivity index (χ0n) is 24.3. The molecule has 3 aliphatic carbocycles. The van der Waals surface area contributed by atoms with Crippen LogP contribution in [0.4, 0.5) is 4.39 Å². The zero-order valence-corrected chi connectivity index (χ0v) is 25.2. The fourth-order valence-electron chi connectivity index (χ4n) is 7.15. The molecule has 2 N–H and O–H groups in total. The molecule has 3 fully saturated rings. The first-order valence-corrected chi connectivity index (χ1v) is 15.5. The SMILES string of the molecule is CCOC(=O)C1=C(CC(C)CCCC(=O)C(C)C23CC(CO)(C2)C3)NC(c2nccs2)=N[C@H]1c1cccc(F)c1C. The zero-order chi connectivity index (χ0) is 29.4. The van der Waals surface area contributed by atoms with E-state index in [0.29, 0.717) is 51.9 Å². The summed E-state index contributed by atoms with van der Waals surface area (Å²) < 4.78 is 20.1. The summed E-state index contributed by atoms with van der Waals surface area (Å²) in [6, 6.07) is 4.12.